The quantitative estimate of drug-likeness (QED) is 0.626. The van der Waals surface area contributed by atoms with E-state index < -0.39 is 0 Å². The van der Waals surface area contributed by atoms with Crippen LogP contribution in [0.3, 0.4) is 0 Å². The van der Waals surface area contributed by atoms with Crippen molar-refractivity contribution in [1.82, 2.24) is 9.47 Å². The number of methoxy groups -OCH3 is 1. The highest BCUT2D eigenvalue weighted by molar-refractivity contribution is 7.20. The van der Waals surface area contributed by atoms with Crippen LogP contribution in [-0.4, -0.2) is 48.3 Å². The first-order valence-electron chi connectivity index (χ1n) is 8.68. The number of hydrogen-bond acceptors (Lipinski definition) is 5. The minimum Gasteiger partial charge on any atom is -0.497 e. The predicted octanol–water partition coefficient (Wildman–Crippen LogP) is 3.59. The third kappa shape index (κ3) is 3.12. The summed E-state index contributed by atoms with van der Waals surface area (Å²) < 4.78 is 7.47. The molecule has 0 aliphatic carbocycles. The van der Waals surface area contributed by atoms with E-state index in [4.69, 9.17) is 4.74 Å². The number of ketones is 1. The van der Waals surface area contributed by atoms with Crippen molar-refractivity contribution < 1.29 is 9.53 Å². The van der Waals surface area contributed by atoms with Gasteiger partial charge in [0.25, 0.3) is 0 Å². The molecule has 0 bridgehead atoms. The fourth-order valence-electron chi connectivity index (χ4n) is 3.26. The average molecular weight is 367 g/mol. The van der Waals surface area contributed by atoms with Crippen LogP contribution in [0.15, 0.2) is 41.4 Å². The second-order valence-corrected chi connectivity index (χ2v) is 7.45. The second-order valence-electron chi connectivity index (χ2n) is 6.42. The Bertz CT molecular complexity index is 969. The largest absolute Gasteiger partial charge is 0.497 e. The van der Waals surface area contributed by atoms with Crippen LogP contribution < -0.4 is 4.74 Å². The highest BCUT2D eigenvalue weighted by atomic mass is 32.1. The van der Waals surface area contributed by atoms with Crippen molar-refractivity contribution in [2.24, 2.45) is 4.99 Å². The van der Waals surface area contributed by atoms with Gasteiger partial charge in [-0.25, -0.2) is 0 Å². The number of hydrogen-bond donors (Lipinski definition) is 0. The van der Waals surface area contributed by atoms with Gasteiger partial charge in [0.2, 0.25) is 5.78 Å². The molecule has 134 valence electrons. The molecule has 0 fully saturated rings. The van der Waals surface area contributed by atoms with Crippen molar-refractivity contribution in [3.8, 4) is 5.75 Å². The van der Waals surface area contributed by atoms with Crippen LogP contribution in [0.1, 0.15) is 20.9 Å². The minimum atomic E-state index is 0.0599. The Labute approximate surface area is 156 Å². The Morgan fingerprint density at radius 2 is 2.04 bits per heavy atom. The molecule has 0 unspecified atom stereocenters. The molecule has 0 spiro atoms. The van der Waals surface area contributed by atoms with Gasteiger partial charge in [-0.2, -0.15) is 0 Å². The van der Waals surface area contributed by atoms with Gasteiger partial charge in [0, 0.05) is 36.3 Å². The molecular formula is C20H21N3O2S. The molecule has 0 saturated heterocycles. The maximum atomic E-state index is 12.8. The van der Waals surface area contributed by atoms with Crippen LogP contribution in [-0.2, 0) is 6.54 Å². The smallest absolute Gasteiger partial charge is 0.203 e. The van der Waals surface area contributed by atoms with Gasteiger partial charge in [-0.3, -0.25) is 9.79 Å². The van der Waals surface area contributed by atoms with Gasteiger partial charge in [-0.05, 0) is 43.3 Å². The summed E-state index contributed by atoms with van der Waals surface area (Å²) in [6, 6.07) is 11.4. The molecule has 6 heteroatoms. The number of aliphatic imine (C=N–C) groups is 1. The minimum absolute atomic E-state index is 0.0599. The molecule has 0 saturated carbocycles. The summed E-state index contributed by atoms with van der Waals surface area (Å²) in [5.74, 6) is 0.815. The SMILES string of the molecule is COc1ccc(C(=O)c2cc3cc(C)n(CCN4C=NCC4)c3s2)cc1. The Kier molecular flexibility index (Phi) is 4.51. The third-order valence-corrected chi connectivity index (χ3v) is 5.90. The van der Waals surface area contributed by atoms with E-state index in [1.54, 1.807) is 18.4 Å². The number of ether oxygens (including phenoxy) is 1. The molecule has 0 radical (unpaired) electrons. The van der Waals surface area contributed by atoms with Crippen LogP contribution in [0.4, 0.5) is 0 Å². The Morgan fingerprint density at radius 3 is 2.73 bits per heavy atom. The summed E-state index contributed by atoms with van der Waals surface area (Å²) in [4.78, 5) is 21.3. The van der Waals surface area contributed by atoms with Gasteiger partial charge in [-0.15, -0.1) is 11.3 Å². The maximum absolute atomic E-state index is 12.8. The number of thiophene rings is 1. The van der Waals surface area contributed by atoms with Crippen molar-refractivity contribution in [2.75, 3.05) is 26.7 Å². The van der Waals surface area contributed by atoms with Gasteiger partial charge >= 0.3 is 0 Å². The molecule has 26 heavy (non-hydrogen) atoms. The van der Waals surface area contributed by atoms with E-state index in [0.717, 1.165) is 47.0 Å². The number of benzene rings is 1. The molecule has 3 heterocycles. The first-order chi connectivity index (χ1) is 12.7. The zero-order valence-electron chi connectivity index (χ0n) is 14.9. The highest BCUT2D eigenvalue weighted by Crippen LogP contribution is 2.30. The van der Waals surface area contributed by atoms with Crippen LogP contribution in [0, 0.1) is 6.92 Å². The monoisotopic (exact) mass is 367 g/mol. The highest BCUT2D eigenvalue weighted by Gasteiger charge is 2.17. The molecule has 1 aliphatic heterocycles. The fraction of sp³-hybridized carbons (Fsp3) is 0.300. The molecule has 0 atom stereocenters. The summed E-state index contributed by atoms with van der Waals surface area (Å²) in [5.41, 5.74) is 1.91. The van der Waals surface area contributed by atoms with Crippen LogP contribution in [0.5, 0.6) is 5.75 Å². The summed E-state index contributed by atoms with van der Waals surface area (Å²) in [6.45, 7) is 5.84. The lowest BCUT2D eigenvalue weighted by molar-refractivity contribution is 0.104. The molecule has 0 N–H and O–H groups in total. The fourth-order valence-corrected chi connectivity index (χ4v) is 4.45. The number of aromatic nitrogens is 1. The standard InChI is InChI=1S/C20H21N3O2S/c1-14-11-16-12-18(19(24)15-3-5-17(25-2)6-4-15)26-20(16)23(14)10-9-22-8-7-21-13-22/h3-6,11-13H,7-10H2,1-2H3. The number of aryl methyl sites for hydroxylation is 1. The van der Waals surface area contributed by atoms with E-state index in [9.17, 15) is 4.79 Å². The third-order valence-electron chi connectivity index (χ3n) is 4.72. The van der Waals surface area contributed by atoms with Gasteiger partial charge in [0.1, 0.15) is 10.6 Å². The van der Waals surface area contributed by atoms with Crippen LogP contribution in [0.2, 0.25) is 0 Å². The van der Waals surface area contributed by atoms with E-state index in [-0.39, 0.29) is 5.78 Å². The van der Waals surface area contributed by atoms with Gasteiger partial charge in [-0.1, -0.05) is 0 Å². The van der Waals surface area contributed by atoms with Crippen molar-refractivity contribution in [1.29, 1.82) is 0 Å². The normalized spacial score (nSPS) is 13.7. The number of carbonyl (C=O) groups excluding carboxylic acids is 1. The Hall–Kier alpha value is -2.60. The van der Waals surface area contributed by atoms with E-state index >= 15 is 0 Å². The van der Waals surface area contributed by atoms with Crippen LogP contribution in [0.25, 0.3) is 10.2 Å². The van der Waals surface area contributed by atoms with Gasteiger partial charge in [0.05, 0.1) is 24.9 Å². The molecule has 5 nitrogen and oxygen atoms in total. The summed E-state index contributed by atoms with van der Waals surface area (Å²) in [7, 11) is 1.62. The van der Waals surface area contributed by atoms with E-state index in [2.05, 4.69) is 27.4 Å². The summed E-state index contributed by atoms with van der Waals surface area (Å²) in [5, 5.41) is 1.14. The van der Waals surface area contributed by atoms with Crippen molar-refractivity contribution in [2.45, 2.75) is 13.5 Å². The Morgan fingerprint density at radius 1 is 1.23 bits per heavy atom. The number of nitrogens with zero attached hydrogens (tertiary/aromatic N) is 3. The molecule has 1 aromatic carbocycles. The average Bonchev–Trinajstić information content (AvgIpc) is 3.36. The lowest BCUT2D eigenvalue weighted by Crippen LogP contribution is -2.24. The zero-order chi connectivity index (χ0) is 18.1. The zero-order valence-corrected chi connectivity index (χ0v) is 15.8. The maximum Gasteiger partial charge on any atom is 0.203 e. The molecule has 4 rings (SSSR count). The lowest BCUT2D eigenvalue weighted by atomic mass is 10.1. The molecule has 1 aliphatic rings. The van der Waals surface area contributed by atoms with E-state index in [1.165, 1.54) is 5.69 Å². The molecule has 3 aromatic rings. The first kappa shape index (κ1) is 16.8. The van der Waals surface area contributed by atoms with Crippen molar-refractivity contribution >= 4 is 33.7 Å². The summed E-state index contributed by atoms with van der Waals surface area (Å²) in [6.07, 6.45) is 1.93. The predicted molar refractivity (Wildman–Crippen MR) is 106 cm³/mol. The summed E-state index contributed by atoms with van der Waals surface area (Å²) >= 11 is 1.57. The second kappa shape index (κ2) is 6.96. The molecule has 2 aromatic heterocycles. The number of rotatable bonds is 6. The Balaban J connectivity index is 1.58. The number of fused-ring (bicyclic) bond motifs is 1. The van der Waals surface area contributed by atoms with Gasteiger partial charge in [0.15, 0.2) is 0 Å². The molecule has 0 amide bonds. The van der Waals surface area contributed by atoms with Crippen LogP contribution >= 0.6 is 11.3 Å². The van der Waals surface area contributed by atoms with Gasteiger partial charge < -0.3 is 14.2 Å². The van der Waals surface area contributed by atoms with E-state index in [0.29, 0.717) is 5.56 Å². The van der Waals surface area contributed by atoms with Crippen molar-refractivity contribution in [3.05, 3.63) is 52.5 Å². The van der Waals surface area contributed by atoms with E-state index in [1.807, 2.05) is 36.7 Å². The van der Waals surface area contributed by atoms with Crippen molar-refractivity contribution in [3.63, 3.8) is 0 Å². The topological polar surface area (TPSA) is 46.8 Å². The lowest BCUT2D eigenvalue weighted by Gasteiger charge is -2.15. The first-order valence-corrected chi connectivity index (χ1v) is 9.50. The number of carbonyl (C=O) groups is 1. The molecular weight excluding hydrogens is 346 g/mol.